The Morgan fingerprint density at radius 1 is 1.00 bits per heavy atom. The van der Waals surface area contributed by atoms with Gasteiger partial charge in [0.15, 0.2) is 0 Å². The van der Waals surface area contributed by atoms with E-state index in [-0.39, 0.29) is 31.7 Å². The van der Waals surface area contributed by atoms with E-state index in [4.69, 9.17) is 14.2 Å². The van der Waals surface area contributed by atoms with E-state index >= 15 is 0 Å². The van der Waals surface area contributed by atoms with Crippen LogP contribution in [-0.4, -0.2) is 67.8 Å². The summed E-state index contributed by atoms with van der Waals surface area (Å²) in [6, 6.07) is 7.11. The summed E-state index contributed by atoms with van der Waals surface area (Å²) in [6.07, 6.45) is 3.89. The summed E-state index contributed by atoms with van der Waals surface area (Å²) < 4.78 is 15.8. The van der Waals surface area contributed by atoms with Crippen molar-refractivity contribution >= 4 is 29.6 Å². The first-order valence-electron chi connectivity index (χ1n) is 11.0. The van der Waals surface area contributed by atoms with E-state index in [2.05, 4.69) is 0 Å². The second-order valence-electron chi connectivity index (χ2n) is 9.10. The quantitative estimate of drug-likeness (QED) is 0.497. The first kappa shape index (κ1) is 21.5. The number of ether oxygens (including phenoxy) is 3. The van der Waals surface area contributed by atoms with E-state index in [1.54, 1.807) is 29.2 Å². The number of benzene rings is 1. The largest absolute Gasteiger partial charge is 0.469 e. The zero-order valence-corrected chi connectivity index (χ0v) is 18.8. The lowest BCUT2D eigenvalue weighted by molar-refractivity contribution is -0.167. The van der Waals surface area contributed by atoms with Crippen LogP contribution in [0, 0.1) is 5.92 Å². The van der Waals surface area contributed by atoms with E-state index in [0.29, 0.717) is 17.7 Å². The molecule has 6 rings (SSSR count). The molecule has 1 saturated carbocycles. The van der Waals surface area contributed by atoms with E-state index in [0.717, 1.165) is 0 Å². The maximum atomic E-state index is 13.8. The highest BCUT2D eigenvalue weighted by molar-refractivity contribution is 6.03. The minimum Gasteiger partial charge on any atom is -0.469 e. The number of hydrogen-bond acceptors (Lipinski definition) is 7. The van der Waals surface area contributed by atoms with Gasteiger partial charge in [-0.25, -0.2) is 4.79 Å². The van der Waals surface area contributed by atoms with Crippen molar-refractivity contribution in [3.63, 3.8) is 0 Å². The molecule has 1 aliphatic carbocycles. The van der Waals surface area contributed by atoms with Crippen LogP contribution >= 0.6 is 0 Å². The van der Waals surface area contributed by atoms with Gasteiger partial charge in [0.1, 0.15) is 5.41 Å². The molecule has 2 bridgehead atoms. The molecule has 9 nitrogen and oxygen atoms in total. The van der Waals surface area contributed by atoms with Gasteiger partial charge in [-0.1, -0.05) is 24.3 Å². The molecule has 3 fully saturated rings. The zero-order valence-electron chi connectivity index (χ0n) is 18.8. The molecule has 1 aromatic carbocycles. The van der Waals surface area contributed by atoms with Crippen LogP contribution in [0.15, 0.2) is 36.4 Å². The second kappa shape index (κ2) is 7.07. The first-order chi connectivity index (χ1) is 15.8. The van der Waals surface area contributed by atoms with E-state index in [1.165, 1.54) is 32.3 Å². The fourth-order valence-electron chi connectivity index (χ4n) is 6.97. The van der Waals surface area contributed by atoms with Gasteiger partial charge in [-0.15, -0.1) is 0 Å². The summed E-state index contributed by atoms with van der Waals surface area (Å²) in [7, 11) is 3.87. The summed E-state index contributed by atoms with van der Waals surface area (Å²) in [6.45, 7) is 0.278. The highest BCUT2D eigenvalue weighted by Gasteiger charge is 2.76. The Morgan fingerprint density at radius 3 is 2.45 bits per heavy atom. The Morgan fingerprint density at radius 2 is 1.76 bits per heavy atom. The SMILES string of the molecule is COC(=O)[C@H]1C[C@]23C=CC(=O)N2CC[C@]2(C(=O)OC)c4ccccc4N(C(=O)OC)[C@]12CC3. The molecule has 4 atom stereocenters. The summed E-state index contributed by atoms with van der Waals surface area (Å²) >= 11 is 0. The van der Waals surface area contributed by atoms with Crippen molar-refractivity contribution in [2.24, 2.45) is 5.92 Å². The highest BCUT2D eigenvalue weighted by Crippen LogP contribution is 2.65. The van der Waals surface area contributed by atoms with E-state index in [9.17, 15) is 19.2 Å². The van der Waals surface area contributed by atoms with Gasteiger partial charge in [-0.3, -0.25) is 19.3 Å². The number of anilines is 1. The van der Waals surface area contributed by atoms with Crippen molar-refractivity contribution in [2.45, 2.75) is 42.2 Å². The number of nitrogens with zero attached hydrogens (tertiary/aromatic N) is 2. The van der Waals surface area contributed by atoms with Gasteiger partial charge in [0.2, 0.25) is 5.91 Å². The third-order valence-electron chi connectivity index (χ3n) is 8.24. The molecule has 0 N–H and O–H groups in total. The lowest BCUT2D eigenvalue weighted by Crippen LogP contribution is -2.74. The van der Waals surface area contributed by atoms with Gasteiger partial charge in [-0.2, -0.15) is 0 Å². The molecule has 5 aliphatic rings. The standard InChI is InChI=1S/C24H26N2O7/c1-31-19(28)16-14-22-9-8-18(27)25(22)13-12-23(20(29)32-2)15-6-4-5-7-17(15)26(21(30)33-3)24(16,23)11-10-22/h4-9,16H,10-14H2,1-3H3/t16-,22-,23-,24-/m1/s1. The van der Waals surface area contributed by atoms with Crippen molar-refractivity contribution in [3.8, 4) is 0 Å². The van der Waals surface area contributed by atoms with Gasteiger partial charge < -0.3 is 19.1 Å². The Kier molecular flexibility index (Phi) is 4.60. The molecule has 33 heavy (non-hydrogen) atoms. The minimum absolute atomic E-state index is 0.149. The molecular weight excluding hydrogens is 428 g/mol. The molecule has 2 spiro atoms. The highest BCUT2D eigenvalue weighted by atomic mass is 16.5. The summed E-state index contributed by atoms with van der Waals surface area (Å²) in [5.41, 5.74) is -2.27. The third-order valence-corrected chi connectivity index (χ3v) is 8.24. The number of rotatable bonds is 2. The average molecular weight is 454 g/mol. The number of methoxy groups -OCH3 is 3. The van der Waals surface area contributed by atoms with Crippen LogP contribution in [-0.2, 0) is 34.0 Å². The fraction of sp³-hybridized carbons (Fsp3) is 0.500. The molecule has 2 saturated heterocycles. The van der Waals surface area contributed by atoms with Gasteiger partial charge in [0.05, 0.1) is 44.0 Å². The monoisotopic (exact) mass is 454 g/mol. The average Bonchev–Trinajstić information content (AvgIpc) is 3.25. The molecular formula is C24H26N2O7. The Hall–Kier alpha value is -3.36. The van der Waals surface area contributed by atoms with Gasteiger partial charge in [-0.05, 0) is 37.3 Å². The minimum atomic E-state index is -1.39. The van der Waals surface area contributed by atoms with Crippen molar-refractivity contribution in [2.75, 3.05) is 32.8 Å². The summed E-state index contributed by atoms with van der Waals surface area (Å²) in [4.78, 5) is 56.6. The van der Waals surface area contributed by atoms with Crippen molar-refractivity contribution < 1.29 is 33.4 Å². The van der Waals surface area contributed by atoms with Crippen molar-refractivity contribution in [1.82, 2.24) is 4.90 Å². The van der Waals surface area contributed by atoms with Crippen LogP contribution in [0.2, 0.25) is 0 Å². The molecule has 0 unspecified atom stereocenters. The Balaban J connectivity index is 1.87. The maximum Gasteiger partial charge on any atom is 0.414 e. The van der Waals surface area contributed by atoms with Crippen LogP contribution in [0.5, 0.6) is 0 Å². The number of carbonyl (C=O) groups is 4. The van der Waals surface area contributed by atoms with Crippen molar-refractivity contribution in [3.05, 3.63) is 42.0 Å². The van der Waals surface area contributed by atoms with Gasteiger partial charge in [0, 0.05) is 12.6 Å². The van der Waals surface area contributed by atoms with Crippen LogP contribution in [0.3, 0.4) is 0 Å². The fourth-order valence-corrected chi connectivity index (χ4v) is 6.97. The van der Waals surface area contributed by atoms with Crippen LogP contribution in [0.4, 0.5) is 10.5 Å². The smallest absolute Gasteiger partial charge is 0.414 e. The van der Waals surface area contributed by atoms with Gasteiger partial charge >= 0.3 is 18.0 Å². The Labute approximate surface area is 191 Å². The third kappa shape index (κ3) is 2.37. The normalized spacial score (nSPS) is 33.5. The molecule has 9 heteroatoms. The number of carbonyl (C=O) groups excluding carboxylic acids is 4. The van der Waals surface area contributed by atoms with Crippen LogP contribution in [0.25, 0.3) is 0 Å². The summed E-state index contributed by atoms with van der Waals surface area (Å²) in [5, 5.41) is 0. The van der Waals surface area contributed by atoms with Crippen LogP contribution < -0.4 is 4.90 Å². The maximum absolute atomic E-state index is 13.8. The number of hydrogen-bond donors (Lipinski definition) is 0. The number of amides is 2. The predicted molar refractivity (Wildman–Crippen MR) is 115 cm³/mol. The lowest BCUT2D eigenvalue weighted by Gasteiger charge is -2.60. The van der Waals surface area contributed by atoms with Gasteiger partial charge in [0.25, 0.3) is 0 Å². The molecule has 0 radical (unpaired) electrons. The zero-order chi connectivity index (χ0) is 23.6. The molecule has 0 aromatic heterocycles. The Bertz CT molecular complexity index is 1100. The van der Waals surface area contributed by atoms with Crippen molar-refractivity contribution in [1.29, 1.82) is 0 Å². The predicted octanol–water partition coefficient (Wildman–Crippen LogP) is 1.94. The molecule has 174 valence electrons. The topological polar surface area (TPSA) is 102 Å². The lowest BCUT2D eigenvalue weighted by atomic mass is 9.51. The number of fused-ring (bicyclic) bond motifs is 4. The van der Waals surface area contributed by atoms with E-state index in [1.807, 2.05) is 6.08 Å². The molecule has 1 aromatic rings. The molecule has 4 aliphatic heterocycles. The summed E-state index contributed by atoms with van der Waals surface area (Å²) in [5.74, 6) is -2.15. The second-order valence-corrected chi connectivity index (χ2v) is 9.10. The number of esters is 2. The van der Waals surface area contributed by atoms with Crippen LogP contribution in [0.1, 0.15) is 31.2 Å². The van der Waals surface area contributed by atoms with E-state index < -0.39 is 40.4 Å². The molecule has 2 amide bonds. The first-order valence-corrected chi connectivity index (χ1v) is 11.0. The number of para-hydroxylation sites is 1. The molecule has 4 heterocycles.